The molecule has 0 saturated heterocycles. The lowest BCUT2D eigenvalue weighted by molar-refractivity contribution is 0.0753. The second kappa shape index (κ2) is 7.20. The van der Waals surface area contributed by atoms with Gasteiger partial charge in [0.15, 0.2) is 0 Å². The zero-order chi connectivity index (χ0) is 11.1. The van der Waals surface area contributed by atoms with Crippen molar-refractivity contribution in [3.05, 3.63) is 0 Å². The highest BCUT2D eigenvalue weighted by atomic mass is 16.5. The maximum Gasteiger partial charge on any atom is 0.0541 e. The molecule has 90 valence electrons. The van der Waals surface area contributed by atoms with Gasteiger partial charge in [0.25, 0.3) is 0 Å². The normalized spacial score (nSPS) is 27.2. The van der Waals surface area contributed by atoms with Crippen LogP contribution in [0.25, 0.3) is 0 Å². The highest BCUT2D eigenvalue weighted by Gasteiger charge is 2.18. The summed E-state index contributed by atoms with van der Waals surface area (Å²) < 4.78 is 5.47. The third-order valence-corrected chi connectivity index (χ3v) is 2.90. The number of ether oxygens (including phenoxy) is 1. The van der Waals surface area contributed by atoms with Gasteiger partial charge in [-0.2, -0.15) is 0 Å². The molecule has 0 spiro atoms. The van der Waals surface area contributed by atoms with E-state index in [0.717, 1.165) is 45.3 Å². The molecule has 1 rings (SSSR count). The van der Waals surface area contributed by atoms with E-state index >= 15 is 0 Å². The van der Waals surface area contributed by atoms with Crippen LogP contribution in [0.15, 0.2) is 0 Å². The Morgan fingerprint density at radius 1 is 1.27 bits per heavy atom. The third-order valence-electron chi connectivity index (χ3n) is 2.90. The number of aliphatic hydroxyl groups is 1. The Morgan fingerprint density at radius 3 is 2.53 bits per heavy atom. The van der Waals surface area contributed by atoms with Crippen molar-refractivity contribution in [1.29, 1.82) is 0 Å². The van der Waals surface area contributed by atoms with Crippen LogP contribution in [0.4, 0.5) is 0 Å². The minimum atomic E-state index is -0.0488. The van der Waals surface area contributed by atoms with Crippen LogP contribution in [-0.2, 0) is 4.74 Å². The standard InChI is InChI=1S/C12H25NO2/c1-10(2)15-9-3-8-13-11-4-6-12(14)7-5-11/h10-14H,3-9H2,1-2H3. The molecule has 0 atom stereocenters. The van der Waals surface area contributed by atoms with E-state index < -0.39 is 0 Å². The molecule has 1 saturated carbocycles. The van der Waals surface area contributed by atoms with E-state index in [0.29, 0.717) is 12.1 Å². The quantitative estimate of drug-likeness (QED) is 0.663. The molecule has 1 aliphatic carbocycles. The number of hydrogen-bond donors (Lipinski definition) is 2. The maximum atomic E-state index is 9.35. The van der Waals surface area contributed by atoms with Gasteiger partial charge < -0.3 is 15.2 Å². The molecule has 3 nitrogen and oxygen atoms in total. The van der Waals surface area contributed by atoms with Crippen LogP contribution in [0, 0.1) is 0 Å². The zero-order valence-corrected chi connectivity index (χ0v) is 10.0. The van der Waals surface area contributed by atoms with E-state index in [-0.39, 0.29) is 6.10 Å². The Labute approximate surface area is 93.2 Å². The van der Waals surface area contributed by atoms with Crippen LogP contribution >= 0.6 is 0 Å². The van der Waals surface area contributed by atoms with Gasteiger partial charge in [-0.25, -0.2) is 0 Å². The zero-order valence-electron chi connectivity index (χ0n) is 10.0. The summed E-state index contributed by atoms with van der Waals surface area (Å²) >= 11 is 0. The molecule has 0 aliphatic heterocycles. The number of rotatable bonds is 6. The summed E-state index contributed by atoms with van der Waals surface area (Å²) in [6, 6.07) is 0.618. The monoisotopic (exact) mass is 215 g/mol. The van der Waals surface area contributed by atoms with Crippen LogP contribution < -0.4 is 5.32 Å². The lowest BCUT2D eigenvalue weighted by Gasteiger charge is -2.26. The molecule has 0 amide bonds. The van der Waals surface area contributed by atoms with Crippen molar-refractivity contribution in [3.63, 3.8) is 0 Å². The van der Waals surface area contributed by atoms with Gasteiger partial charge >= 0.3 is 0 Å². The van der Waals surface area contributed by atoms with Crippen LogP contribution in [0.1, 0.15) is 46.0 Å². The molecule has 3 heteroatoms. The van der Waals surface area contributed by atoms with Crippen molar-refractivity contribution >= 4 is 0 Å². The van der Waals surface area contributed by atoms with Crippen LogP contribution in [0.3, 0.4) is 0 Å². The highest BCUT2D eigenvalue weighted by molar-refractivity contribution is 4.76. The molecule has 1 fully saturated rings. The minimum Gasteiger partial charge on any atom is -0.393 e. The minimum absolute atomic E-state index is 0.0488. The smallest absolute Gasteiger partial charge is 0.0541 e. The Kier molecular flexibility index (Phi) is 6.22. The van der Waals surface area contributed by atoms with Crippen molar-refractivity contribution in [2.75, 3.05) is 13.2 Å². The first-order chi connectivity index (χ1) is 7.18. The molecule has 0 aromatic carbocycles. The first-order valence-electron chi connectivity index (χ1n) is 6.21. The first-order valence-corrected chi connectivity index (χ1v) is 6.21. The van der Waals surface area contributed by atoms with Gasteiger partial charge in [-0.3, -0.25) is 0 Å². The largest absolute Gasteiger partial charge is 0.393 e. The summed E-state index contributed by atoms with van der Waals surface area (Å²) in [5, 5.41) is 12.9. The molecule has 0 heterocycles. The average molecular weight is 215 g/mol. The van der Waals surface area contributed by atoms with Crippen LogP contribution in [0.5, 0.6) is 0 Å². The van der Waals surface area contributed by atoms with E-state index in [1.54, 1.807) is 0 Å². The summed E-state index contributed by atoms with van der Waals surface area (Å²) in [6.07, 6.45) is 5.53. The lowest BCUT2D eigenvalue weighted by atomic mass is 9.93. The fourth-order valence-corrected chi connectivity index (χ4v) is 1.98. The average Bonchev–Trinajstić information content (AvgIpc) is 2.20. The number of aliphatic hydroxyl groups excluding tert-OH is 1. The number of hydrogen-bond acceptors (Lipinski definition) is 3. The summed E-state index contributed by atoms with van der Waals surface area (Å²) in [7, 11) is 0. The van der Waals surface area contributed by atoms with Gasteiger partial charge in [-0.05, 0) is 52.5 Å². The van der Waals surface area contributed by atoms with E-state index in [4.69, 9.17) is 4.74 Å². The van der Waals surface area contributed by atoms with E-state index in [1.807, 2.05) is 0 Å². The maximum absolute atomic E-state index is 9.35. The Hall–Kier alpha value is -0.120. The van der Waals surface area contributed by atoms with Gasteiger partial charge in [-0.1, -0.05) is 0 Å². The predicted molar refractivity (Wildman–Crippen MR) is 62.0 cm³/mol. The van der Waals surface area contributed by atoms with Gasteiger partial charge in [0.05, 0.1) is 12.2 Å². The molecular weight excluding hydrogens is 190 g/mol. The van der Waals surface area contributed by atoms with E-state index in [9.17, 15) is 5.11 Å². The third kappa shape index (κ3) is 6.13. The second-order valence-corrected chi connectivity index (χ2v) is 4.73. The first kappa shape index (κ1) is 12.9. The van der Waals surface area contributed by atoms with Crippen molar-refractivity contribution in [3.8, 4) is 0 Å². The van der Waals surface area contributed by atoms with Crippen molar-refractivity contribution in [2.24, 2.45) is 0 Å². The van der Waals surface area contributed by atoms with E-state index in [2.05, 4.69) is 19.2 Å². The Balaban J connectivity index is 1.91. The summed E-state index contributed by atoms with van der Waals surface area (Å²) in [6.45, 7) is 6.01. The Bertz CT molecular complexity index is 154. The van der Waals surface area contributed by atoms with Gasteiger partial charge in [0.1, 0.15) is 0 Å². The van der Waals surface area contributed by atoms with Crippen LogP contribution in [-0.4, -0.2) is 36.5 Å². The summed E-state index contributed by atoms with van der Waals surface area (Å²) in [5.41, 5.74) is 0. The molecule has 1 aliphatic rings. The van der Waals surface area contributed by atoms with Crippen molar-refractivity contribution < 1.29 is 9.84 Å². The Morgan fingerprint density at radius 2 is 1.93 bits per heavy atom. The lowest BCUT2D eigenvalue weighted by Crippen LogP contribution is -2.35. The second-order valence-electron chi connectivity index (χ2n) is 4.73. The summed E-state index contributed by atoms with van der Waals surface area (Å²) in [5.74, 6) is 0. The fourth-order valence-electron chi connectivity index (χ4n) is 1.98. The SMILES string of the molecule is CC(C)OCCCNC1CCC(O)CC1. The van der Waals surface area contributed by atoms with E-state index in [1.165, 1.54) is 0 Å². The highest BCUT2D eigenvalue weighted by Crippen LogP contribution is 2.17. The molecule has 0 aromatic rings. The summed E-state index contributed by atoms with van der Waals surface area (Å²) in [4.78, 5) is 0. The van der Waals surface area contributed by atoms with Gasteiger partial charge in [0.2, 0.25) is 0 Å². The van der Waals surface area contributed by atoms with Gasteiger partial charge in [0, 0.05) is 12.6 Å². The topological polar surface area (TPSA) is 41.5 Å². The molecule has 2 N–H and O–H groups in total. The molecule has 0 aromatic heterocycles. The van der Waals surface area contributed by atoms with Crippen molar-refractivity contribution in [2.45, 2.75) is 64.2 Å². The molecule has 0 radical (unpaired) electrons. The molecule has 15 heavy (non-hydrogen) atoms. The predicted octanol–water partition coefficient (Wildman–Crippen LogP) is 1.69. The fraction of sp³-hybridized carbons (Fsp3) is 1.00. The van der Waals surface area contributed by atoms with Crippen LogP contribution in [0.2, 0.25) is 0 Å². The molecule has 0 bridgehead atoms. The number of nitrogens with one attached hydrogen (secondary N) is 1. The molecule has 0 unspecified atom stereocenters. The molecular formula is C12H25NO2. The van der Waals surface area contributed by atoms with Crippen molar-refractivity contribution in [1.82, 2.24) is 5.32 Å². The van der Waals surface area contributed by atoms with Gasteiger partial charge in [-0.15, -0.1) is 0 Å².